The summed E-state index contributed by atoms with van der Waals surface area (Å²) >= 11 is 2.16. The van der Waals surface area contributed by atoms with Gasteiger partial charge in [-0.05, 0) is 58.5 Å². The van der Waals surface area contributed by atoms with Crippen molar-refractivity contribution in [1.82, 2.24) is 0 Å². The zero-order valence-electron chi connectivity index (χ0n) is 13.5. The quantitative estimate of drug-likeness (QED) is 0.274. The zero-order valence-corrected chi connectivity index (χ0v) is 15.7. The van der Waals surface area contributed by atoms with E-state index < -0.39 is 5.97 Å². The second kappa shape index (κ2) is 9.07. The van der Waals surface area contributed by atoms with Crippen LogP contribution in [0.1, 0.15) is 15.9 Å². The fourth-order valence-corrected chi connectivity index (χ4v) is 2.78. The third kappa shape index (κ3) is 5.21. The first kappa shape index (κ1) is 18.8. The molecule has 25 heavy (non-hydrogen) atoms. The molecule has 130 valence electrons. The standard InChI is InChI=1S/C18H17IN2O4/c1-3-7-25-17-15(19)8-12(9-16(17)24-2)11-20-21-14-6-4-5-13(10-14)18(22)23/h3-6,8-11,21H,1,7H2,2H3,(H,22,23). The van der Waals surface area contributed by atoms with Gasteiger partial charge < -0.3 is 14.6 Å². The van der Waals surface area contributed by atoms with Gasteiger partial charge in [-0.15, -0.1) is 0 Å². The normalized spacial score (nSPS) is 10.5. The molecule has 0 radical (unpaired) electrons. The summed E-state index contributed by atoms with van der Waals surface area (Å²) in [5.74, 6) is 0.271. The van der Waals surface area contributed by atoms with E-state index in [1.165, 1.54) is 12.1 Å². The summed E-state index contributed by atoms with van der Waals surface area (Å²) in [7, 11) is 1.57. The number of aromatic carboxylic acids is 1. The van der Waals surface area contributed by atoms with E-state index in [1.807, 2.05) is 6.07 Å². The second-order valence-corrected chi connectivity index (χ2v) is 6.05. The molecule has 0 spiro atoms. The Bertz CT molecular complexity index is 806. The van der Waals surface area contributed by atoms with Crippen LogP contribution >= 0.6 is 22.6 Å². The minimum atomic E-state index is -0.984. The van der Waals surface area contributed by atoms with Crippen LogP contribution in [0, 0.1) is 3.57 Å². The Morgan fingerprint density at radius 1 is 1.40 bits per heavy atom. The van der Waals surface area contributed by atoms with Gasteiger partial charge in [0.1, 0.15) is 6.61 Å². The lowest BCUT2D eigenvalue weighted by Gasteiger charge is -2.12. The van der Waals surface area contributed by atoms with E-state index in [-0.39, 0.29) is 5.56 Å². The fraction of sp³-hybridized carbons (Fsp3) is 0.111. The van der Waals surface area contributed by atoms with Crippen molar-refractivity contribution >= 4 is 40.5 Å². The van der Waals surface area contributed by atoms with Crippen LogP contribution in [0.3, 0.4) is 0 Å². The number of carbonyl (C=O) groups is 1. The molecule has 0 bridgehead atoms. The molecule has 7 heteroatoms. The van der Waals surface area contributed by atoms with E-state index in [0.717, 1.165) is 9.13 Å². The Labute approximate surface area is 159 Å². The molecule has 0 fully saturated rings. The molecule has 0 heterocycles. The van der Waals surface area contributed by atoms with Crippen molar-refractivity contribution in [1.29, 1.82) is 0 Å². The summed E-state index contributed by atoms with van der Waals surface area (Å²) in [5, 5.41) is 13.1. The average Bonchev–Trinajstić information content (AvgIpc) is 2.60. The minimum absolute atomic E-state index is 0.195. The van der Waals surface area contributed by atoms with Crippen LogP contribution in [-0.4, -0.2) is 31.0 Å². The monoisotopic (exact) mass is 452 g/mol. The van der Waals surface area contributed by atoms with E-state index in [2.05, 4.69) is 39.7 Å². The Hall–Kier alpha value is -2.55. The number of hydrogen-bond donors (Lipinski definition) is 2. The number of carboxylic acid groups (broad SMARTS) is 1. The molecular weight excluding hydrogens is 435 g/mol. The highest BCUT2D eigenvalue weighted by atomic mass is 127. The SMILES string of the molecule is C=CCOc1c(I)cc(C=NNc2cccc(C(=O)O)c2)cc1OC. The molecule has 6 nitrogen and oxygen atoms in total. The molecule has 2 N–H and O–H groups in total. The van der Waals surface area contributed by atoms with E-state index in [9.17, 15) is 4.79 Å². The van der Waals surface area contributed by atoms with Crippen LogP contribution in [0.4, 0.5) is 5.69 Å². The molecule has 0 aliphatic carbocycles. The maximum Gasteiger partial charge on any atom is 0.335 e. The smallest absolute Gasteiger partial charge is 0.335 e. The van der Waals surface area contributed by atoms with Crippen molar-refractivity contribution < 1.29 is 19.4 Å². The minimum Gasteiger partial charge on any atom is -0.493 e. The molecule has 0 aliphatic heterocycles. The number of anilines is 1. The number of halogens is 1. The number of carboxylic acids is 1. The van der Waals surface area contributed by atoms with E-state index in [4.69, 9.17) is 14.6 Å². The highest BCUT2D eigenvalue weighted by molar-refractivity contribution is 14.1. The van der Waals surface area contributed by atoms with Crippen LogP contribution in [0.5, 0.6) is 11.5 Å². The zero-order chi connectivity index (χ0) is 18.2. The van der Waals surface area contributed by atoms with Crippen molar-refractivity contribution in [2.45, 2.75) is 0 Å². The molecule has 0 unspecified atom stereocenters. The molecule has 2 aromatic carbocycles. The first-order valence-electron chi connectivity index (χ1n) is 7.28. The third-order valence-electron chi connectivity index (χ3n) is 3.11. The van der Waals surface area contributed by atoms with Crippen molar-refractivity contribution in [2.75, 3.05) is 19.1 Å². The average molecular weight is 452 g/mol. The number of hydrazone groups is 1. The summed E-state index contributed by atoms with van der Waals surface area (Å²) in [4.78, 5) is 11.0. The van der Waals surface area contributed by atoms with Gasteiger partial charge in [-0.2, -0.15) is 5.10 Å². The lowest BCUT2D eigenvalue weighted by Crippen LogP contribution is -2.00. The molecular formula is C18H17IN2O4. The summed E-state index contributed by atoms with van der Waals surface area (Å²) in [6.07, 6.45) is 3.29. The van der Waals surface area contributed by atoms with Gasteiger partial charge in [-0.3, -0.25) is 5.43 Å². The Morgan fingerprint density at radius 2 is 2.20 bits per heavy atom. The van der Waals surface area contributed by atoms with Crippen molar-refractivity contribution in [3.8, 4) is 11.5 Å². The molecule has 0 amide bonds. The molecule has 0 saturated heterocycles. The van der Waals surface area contributed by atoms with Gasteiger partial charge in [0.2, 0.25) is 0 Å². The number of benzene rings is 2. The van der Waals surface area contributed by atoms with Gasteiger partial charge >= 0.3 is 5.97 Å². The molecule has 2 rings (SSSR count). The van der Waals surface area contributed by atoms with Gasteiger partial charge in [-0.25, -0.2) is 4.79 Å². The van der Waals surface area contributed by atoms with Gasteiger partial charge in [0.25, 0.3) is 0 Å². The van der Waals surface area contributed by atoms with Crippen LogP contribution in [-0.2, 0) is 0 Å². The predicted octanol–water partition coefficient (Wildman–Crippen LogP) is 4.01. The highest BCUT2D eigenvalue weighted by Gasteiger charge is 2.10. The molecule has 2 aromatic rings. The molecule has 0 aromatic heterocycles. The van der Waals surface area contributed by atoms with Gasteiger partial charge in [0.15, 0.2) is 11.5 Å². The van der Waals surface area contributed by atoms with Gasteiger partial charge in [-0.1, -0.05) is 18.7 Å². The Kier molecular flexibility index (Phi) is 6.81. The molecule has 0 atom stereocenters. The van der Waals surface area contributed by atoms with Crippen LogP contribution in [0.2, 0.25) is 0 Å². The van der Waals surface area contributed by atoms with Crippen LogP contribution in [0.15, 0.2) is 54.2 Å². The first-order valence-corrected chi connectivity index (χ1v) is 8.36. The first-order chi connectivity index (χ1) is 12.0. The fourth-order valence-electron chi connectivity index (χ4n) is 2.00. The van der Waals surface area contributed by atoms with E-state index >= 15 is 0 Å². The highest BCUT2D eigenvalue weighted by Crippen LogP contribution is 2.33. The lowest BCUT2D eigenvalue weighted by atomic mass is 10.2. The maximum atomic E-state index is 11.0. The summed E-state index contributed by atoms with van der Waals surface area (Å²) in [5.41, 5.74) is 4.41. The van der Waals surface area contributed by atoms with E-state index in [1.54, 1.807) is 37.6 Å². The number of nitrogens with one attached hydrogen (secondary N) is 1. The maximum absolute atomic E-state index is 11.0. The van der Waals surface area contributed by atoms with Crippen molar-refractivity contribution in [2.24, 2.45) is 5.10 Å². The number of nitrogens with zero attached hydrogens (tertiary/aromatic N) is 1. The van der Waals surface area contributed by atoms with Crippen LogP contribution < -0.4 is 14.9 Å². The summed E-state index contributed by atoms with van der Waals surface area (Å²) in [6, 6.07) is 10.1. The van der Waals surface area contributed by atoms with Gasteiger partial charge in [0.05, 0.1) is 28.1 Å². The number of rotatable bonds is 8. The second-order valence-electron chi connectivity index (χ2n) is 4.89. The van der Waals surface area contributed by atoms with Crippen molar-refractivity contribution in [3.63, 3.8) is 0 Å². The largest absolute Gasteiger partial charge is 0.493 e. The molecule has 0 aliphatic rings. The van der Waals surface area contributed by atoms with Gasteiger partial charge in [0, 0.05) is 0 Å². The summed E-state index contributed by atoms with van der Waals surface area (Å²) in [6.45, 7) is 4.02. The number of hydrogen-bond acceptors (Lipinski definition) is 5. The number of ether oxygens (including phenoxy) is 2. The topological polar surface area (TPSA) is 80.2 Å². The van der Waals surface area contributed by atoms with E-state index in [0.29, 0.717) is 23.8 Å². The third-order valence-corrected chi connectivity index (χ3v) is 3.92. The molecule has 0 saturated carbocycles. The lowest BCUT2D eigenvalue weighted by molar-refractivity contribution is 0.0697. The Balaban J connectivity index is 2.15. The van der Waals surface area contributed by atoms with Crippen LogP contribution in [0.25, 0.3) is 0 Å². The van der Waals surface area contributed by atoms with Crippen molar-refractivity contribution in [3.05, 3.63) is 63.8 Å². The Morgan fingerprint density at radius 3 is 2.88 bits per heavy atom. The summed E-state index contributed by atoms with van der Waals surface area (Å²) < 4.78 is 11.8. The predicted molar refractivity (Wildman–Crippen MR) is 106 cm³/mol. The number of methoxy groups -OCH3 is 1.